The third-order valence-electron chi connectivity index (χ3n) is 4.49. The molecule has 3 N–H and O–H groups in total. The molecule has 2 rings (SSSR count). The molecule has 12 heteroatoms. The van der Waals surface area contributed by atoms with Gasteiger partial charge in [-0.05, 0) is 43.5 Å². The van der Waals surface area contributed by atoms with Gasteiger partial charge >= 0.3 is 5.97 Å². The predicted octanol–water partition coefficient (Wildman–Crippen LogP) is 2.29. The Morgan fingerprint density at radius 1 is 0.812 bits per heavy atom. The van der Waals surface area contributed by atoms with Crippen molar-refractivity contribution < 1.29 is 29.3 Å². The van der Waals surface area contributed by atoms with Crippen LogP contribution in [0, 0.1) is 20.2 Å². The first-order chi connectivity index (χ1) is 15.2. The fourth-order valence-electron chi connectivity index (χ4n) is 2.75. The van der Waals surface area contributed by atoms with Gasteiger partial charge in [-0.15, -0.1) is 0 Å². The van der Waals surface area contributed by atoms with Crippen molar-refractivity contribution in [3.63, 3.8) is 0 Å². The molecule has 0 fully saturated rings. The molecule has 0 aliphatic carbocycles. The highest BCUT2D eigenvalue weighted by molar-refractivity contribution is 5.96. The summed E-state index contributed by atoms with van der Waals surface area (Å²) in [7, 11) is 0. The van der Waals surface area contributed by atoms with E-state index < -0.39 is 33.7 Å². The van der Waals surface area contributed by atoms with Gasteiger partial charge in [0.15, 0.2) is 0 Å². The van der Waals surface area contributed by atoms with Crippen LogP contribution in [0.2, 0.25) is 0 Å². The lowest BCUT2D eigenvalue weighted by molar-refractivity contribution is -0.385. The molecule has 12 nitrogen and oxygen atoms in total. The lowest BCUT2D eigenvalue weighted by Gasteiger charge is -2.14. The SMILES string of the molecule is O=C(NCCCC[C@H](NC(=O)c1ccc([N+](=O)[O-])cc1)C(=O)O)c1ccc([N+](=O)[O-])cc1. The summed E-state index contributed by atoms with van der Waals surface area (Å²) in [5.74, 6) is -2.31. The maximum atomic E-state index is 12.2. The summed E-state index contributed by atoms with van der Waals surface area (Å²) in [6.45, 7) is 0.248. The van der Waals surface area contributed by atoms with Gasteiger partial charge < -0.3 is 15.7 Å². The van der Waals surface area contributed by atoms with Crippen molar-refractivity contribution in [1.29, 1.82) is 0 Å². The summed E-state index contributed by atoms with van der Waals surface area (Å²) in [6, 6.07) is 8.73. The number of unbranched alkanes of at least 4 members (excludes halogenated alkanes) is 1. The second kappa shape index (κ2) is 11.2. The quantitative estimate of drug-likeness (QED) is 0.268. The number of carboxylic acid groups (broad SMARTS) is 1. The van der Waals surface area contributed by atoms with Crippen LogP contribution in [-0.2, 0) is 4.79 Å². The average molecular weight is 444 g/mol. The molecular weight excluding hydrogens is 424 g/mol. The smallest absolute Gasteiger partial charge is 0.326 e. The molecule has 1 atom stereocenters. The van der Waals surface area contributed by atoms with Gasteiger partial charge in [0, 0.05) is 41.9 Å². The largest absolute Gasteiger partial charge is 0.480 e. The number of hydrogen-bond acceptors (Lipinski definition) is 7. The molecule has 0 saturated carbocycles. The van der Waals surface area contributed by atoms with E-state index in [0.29, 0.717) is 12.8 Å². The zero-order valence-corrected chi connectivity index (χ0v) is 16.7. The molecule has 0 radical (unpaired) electrons. The molecule has 0 aromatic heterocycles. The molecule has 0 heterocycles. The Bertz CT molecular complexity index is 1010. The molecule has 0 bridgehead atoms. The second-order valence-corrected chi connectivity index (χ2v) is 6.72. The summed E-state index contributed by atoms with van der Waals surface area (Å²) in [6.07, 6.45) is 0.940. The number of rotatable bonds is 11. The van der Waals surface area contributed by atoms with Crippen LogP contribution in [0.3, 0.4) is 0 Å². The maximum Gasteiger partial charge on any atom is 0.326 e. The van der Waals surface area contributed by atoms with E-state index >= 15 is 0 Å². The van der Waals surface area contributed by atoms with Crippen molar-refractivity contribution in [1.82, 2.24) is 10.6 Å². The molecule has 168 valence electrons. The van der Waals surface area contributed by atoms with Crippen molar-refractivity contribution in [2.75, 3.05) is 6.54 Å². The van der Waals surface area contributed by atoms with Crippen LogP contribution in [0.15, 0.2) is 48.5 Å². The number of non-ortho nitro benzene ring substituents is 2. The van der Waals surface area contributed by atoms with E-state index in [0.717, 1.165) is 12.1 Å². The van der Waals surface area contributed by atoms with Crippen molar-refractivity contribution >= 4 is 29.2 Å². The van der Waals surface area contributed by atoms with E-state index in [4.69, 9.17) is 0 Å². The highest BCUT2D eigenvalue weighted by Crippen LogP contribution is 2.13. The first-order valence-electron chi connectivity index (χ1n) is 9.50. The third kappa shape index (κ3) is 6.86. The summed E-state index contributed by atoms with van der Waals surface area (Å²) >= 11 is 0. The van der Waals surface area contributed by atoms with E-state index in [9.17, 15) is 39.7 Å². The van der Waals surface area contributed by atoms with Crippen molar-refractivity contribution in [3.8, 4) is 0 Å². The lowest BCUT2D eigenvalue weighted by atomic mass is 10.1. The van der Waals surface area contributed by atoms with Crippen LogP contribution in [0.5, 0.6) is 0 Å². The number of aliphatic carboxylic acids is 1. The molecular formula is C20H20N4O8. The standard InChI is InChI=1S/C20H20N4O8/c25-18(13-4-8-15(9-5-13)23(29)30)21-12-2-1-3-17(20(27)28)22-19(26)14-6-10-16(11-7-14)24(31)32/h4-11,17H,1-3,12H2,(H,21,25)(H,22,26)(H,27,28)/t17-/m0/s1. The molecule has 32 heavy (non-hydrogen) atoms. The van der Waals surface area contributed by atoms with E-state index in [1.54, 1.807) is 0 Å². The van der Waals surface area contributed by atoms with Gasteiger partial charge in [0.05, 0.1) is 9.85 Å². The normalized spacial score (nSPS) is 11.2. The zero-order valence-electron chi connectivity index (χ0n) is 16.7. The second-order valence-electron chi connectivity index (χ2n) is 6.72. The Labute approximate surface area is 181 Å². The lowest BCUT2D eigenvalue weighted by Crippen LogP contribution is -2.40. The Kier molecular flexibility index (Phi) is 8.34. The van der Waals surface area contributed by atoms with Crippen molar-refractivity contribution in [3.05, 3.63) is 79.9 Å². The van der Waals surface area contributed by atoms with Gasteiger partial charge in [0.25, 0.3) is 23.2 Å². The number of nitro benzene ring substituents is 2. The maximum absolute atomic E-state index is 12.2. The fourth-order valence-corrected chi connectivity index (χ4v) is 2.75. The van der Waals surface area contributed by atoms with Gasteiger partial charge in [-0.2, -0.15) is 0 Å². The van der Waals surface area contributed by atoms with Gasteiger partial charge in [-0.25, -0.2) is 4.79 Å². The van der Waals surface area contributed by atoms with Crippen LogP contribution in [0.4, 0.5) is 11.4 Å². The number of carbonyl (C=O) groups is 3. The molecule has 0 aliphatic rings. The third-order valence-corrected chi connectivity index (χ3v) is 4.49. The summed E-state index contributed by atoms with van der Waals surface area (Å²) in [5.41, 5.74) is 0.0377. The summed E-state index contributed by atoms with van der Waals surface area (Å²) < 4.78 is 0. The topological polar surface area (TPSA) is 182 Å². The molecule has 2 aromatic carbocycles. The zero-order chi connectivity index (χ0) is 23.7. The minimum atomic E-state index is -1.23. The number of carbonyl (C=O) groups excluding carboxylic acids is 2. The minimum Gasteiger partial charge on any atom is -0.480 e. The number of amides is 2. The summed E-state index contributed by atoms with van der Waals surface area (Å²) in [4.78, 5) is 55.8. The van der Waals surface area contributed by atoms with Crippen molar-refractivity contribution in [2.45, 2.75) is 25.3 Å². The first-order valence-corrected chi connectivity index (χ1v) is 9.50. The van der Waals surface area contributed by atoms with Crippen LogP contribution >= 0.6 is 0 Å². The highest BCUT2D eigenvalue weighted by atomic mass is 16.6. The van der Waals surface area contributed by atoms with Crippen LogP contribution < -0.4 is 10.6 Å². The minimum absolute atomic E-state index is 0.0946. The number of benzene rings is 2. The number of nitro groups is 2. The van der Waals surface area contributed by atoms with Gasteiger partial charge in [-0.3, -0.25) is 29.8 Å². The Balaban J connectivity index is 1.78. The van der Waals surface area contributed by atoms with Gasteiger partial charge in [-0.1, -0.05) is 0 Å². The monoisotopic (exact) mass is 444 g/mol. The molecule has 0 spiro atoms. The van der Waals surface area contributed by atoms with Crippen LogP contribution in [-0.4, -0.2) is 45.3 Å². The van der Waals surface area contributed by atoms with E-state index in [1.165, 1.54) is 36.4 Å². The molecule has 0 aliphatic heterocycles. The summed E-state index contributed by atoms with van der Waals surface area (Å²) in [5, 5.41) is 35.6. The van der Waals surface area contributed by atoms with Gasteiger partial charge in [0.2, 0.25) is 0 Å². The average Bonchev–Trinajstić information content (AvgIpc) is 2.77. The number of carboxylic acids is 1. The number of nitrogens with zero attached hydrogens (tertiary/aromatic N) is 2. The molecule has 0 saturated heterocycles. The predicted molar refractivity (Wildman–Crippen MR) is 111 cm³/mol. The fraction of sp³-hybridized carbons (Fsp3) is 0.250. The van der Waals surface area contributed by atoms with Gasteiger partial charge in [0.1, 0.15) is 6.04 Å². The number of hydrogen-bond donors (Lipinski definition) is 3. The molecule has 2 aromatic rings. The molecule has 0 unspecified atom stereocenters. The Morgan fingerprint density at radius 2 is 1.28 bits per heavy atom. The van der Waals surface area contributed by atoms with E-state index in [-0.39, 0.29) is 35.5 Å². The van der Waals surface area contributed by atoms with Crippen LogP contribution in [0.1, 0.15) is 40.0 Å². The molecule has 2 amide bonds. The highest BCUT2D eigenvalue weighted by Gasteiger charge is 2.20. The van der Waals surface area contributed by atoms with E-state index in [1.807, 2.05) is 0 Å². The Morgan fingerprint density at radius 3 is 1.72 bits per heavy atom. The van der Waals surface area contributed by atoms with Crippen LogP contribution in [0.25, 0.3) is 0 Å². The van der Waals surface area contributed by atoms with Crippen molar-refractivity contribution in [2.24, 2.45) is 0 Å². The Hall–Kier alpha value is -4.35. The number of nitrogens with one attached hydrogen (secondary N) is 2. The van der Waals surface area contributed by atoms with E-state index in [2.05, 4.69) is 10.6 Å². The first kappa shape index (κ1) is 23.9.